The lowest BCUT2D eigenvalue weighted by Crippen LogP contribution is -2.35. The van der Waals surface area contributed by atoms with Crippen molar-refractivity contribution in [3.63, 3.8) is 0 Å². The van der Waals surface area contributed by atoms with Crippen LogP contribution in [0.5, 0.6) is 0 Å². The Kier molecular flexibility index (Phi) is 7.52. The topological polar surface area (TPSA) is 98.8 Å². The third kappa shape index (κ3) is 5.86. The number of hydrogen-bond donors (Lipinski definition) is 2. The quantitative estimate of drug-likeness (QED) is 0.634. The number of rotatable bonds is 8. The van der Waals surface area contributed by atoms with Gasteiger partial charge in [0.25, 0.3) is 5.91 Å². The molecule has 1 aliphatic rings. The zero-order valence-corrected chi connectivity index (χ0v) is 19.5. The van der Waals surface area contributed by atoms with Crippen molar-refractivity contribution in [3.05, 3.63) is 54.1 Å². The van der Waals surface area contributed by atoms with E-state index in [1.165, 1.54) is 51.2 Å². The maximum Gasteiger partial charge on any atom is 0.251 e. The summed E-state index contributed by atoms with van der Waals surface area (Å²) in [6, 6.07) is 13.1. The highest BCUT2D eigenvalue weighted by atomic mass is 32.2. The van der Waals surface area contributed by atoms with Gasteiger partial charge >= 0.3 is 0 Å². The zero-order valence-electron chi connectivity index (χ0n) is 18.7. The van der Waals surface area contributed by atoms with Gasteiger partial charge in [-0.05, 0) is 62.2 Å². The van der Waals surface area contributed by atoms with Gasteiger partial charge in [-0.15, -0.1) is 0 Å². The first-order valence-electron chi connectivity index (χ1n) is 10.6. The highest BCUT2D eigenvalue weighted by Crippen LogP contribution is 2.23. The molecule has 0 bridgehead atoms. The minimum atomic E-state index is -3.55. The van der Waals surface area contributed by atoms with E-state index in [4.69, 9.17) is 0 Å². The smallest absolute Gasteiger partial charge is 0.251 e. The molecule has 3 rings (SSSR count). The van der Waals surface area contributed by atoms with Crippen molar-refractivity contribution in [1.82, 2.24) is 9.62 Å². The van der Waals surface area contributed by atoms with Crippen molar-refractivity contribution in [1.29, 1.82) is 0 Å². The molecule has 172 valence electrons. The van der Waals surface area contributed by atoms with Crippen molar-refractivity contribution in [3.8, 4) is 0 Å². The Balaban J connectivity index is 1.54. The fourth-order valence-corrected chi connectivity index (χ4v) is 4.49. The number of sulfonamides is 1. The molecule has 8 nitrogen and oxygen atoms in total. The van der Waals surface area contributed by atoms with E-state index >= 15 is 0 Å². The maximum atomic E-state index is 12.5. The Morgan fingerprint density at radius 1 is 1.06 bits per heavy atom. The van der Waals surface area contributed by atoms with Crippen molar-refractivity contribution >= 4 is 33.2 Å². The van der Waals surface area contributed by atoms with Crippen molar-refractivity contribution in [2.24, 2.45) is 0 Å². The standard InChI is InChI=1S/C23H30N4O4S/c1-17(24-23(29)18-9-11-21(12-10-18)32(30,31)26(2)3)15-22(28)25-19-7-6-8-20(16-19)27-13-4-5-14-27/h6-12,16-17H,4-5,13-15H2,1-3H3,(H,24,29)(H,25,28). The van der Waals surface area contributed by atoms with E-state index in [-0.39, 0.29) is 23.1 Å². The van der Waals surface area contributed by atoms with Gasteiger partial charge in [-0.25, -0.2) is 12.7 Å². The molecule has 0 spiro atoms. The first kappa shape index (κ1) is 23.7. The molecule has 2 aromatic carbocycles. The van der Waals surface area contributed by atoms with Crippen LogP contribution < -0.4 is 15.5 Å². The summed E-state index contributed by atoms with van der Waals surface area (Å²) in [5.41, 5.74) is 2.16. The average Bonchev–Trinajstić information content (AvgIpc) is 3.28. The summed E-state index contributed by atoms with van der Waals surface area (Å²) in [4.78, 5) is 27.3. The molecule has 2 N–H and O–H groups in total. The van der Waals surface area contributed by atoms with Gasteiger partial charge in [-0.2, -0.15) is 0 Å². The number of carbonyl (C=O) groups excluding carboxylic acids is 2. The average molecular weight is 459 g/mol. The zero-order chi connectivity index (χ0) is 23.3. The molecular weight excluding hydrogens is 428 g/mol. The van der Waals surface area contributed by atoms with Gasteiger partial charge < -0.3 is 15.5 Å². The van der Waals surface area contributed by atoms with Crippen LogP contribution in [0.1, 0.15) is 36.5 Å². The van der Waals surface area contributed by atoms with E-state index in [1.807, 2.05) is 24.3 Å². The lowest BCUT2D eigenvalue weighted by Gasteiger charge is -2.19. The summed E-state index contributed by atoms with van der Waals surface area (Å²) < 4.78 is 25.4. The molecular formula is C23H30N4O4S. The second-order valence-electron chi connectivity index (χ2n) is 8.18. The third-order valence-corrected chi connectivity index (χ3v) is 7.19. The second-order valence-corrected chi connectivity index (χ2v) is 10.3. The molecule has 0 radical (unpaired) electrons. The fraction of sp³-hybridized carbons (Fsp3) is 0.391. The summed E-state index contributed by atoms with van der Waals surface area (Å²) in [7, 11) is -0.652. The van der Waals surface area contributed by atoms with Gasteiger partial charge in [-0.1, -0.05) is 6.07 Å². The van der Waals surface area contributed by atoms with E-state index in [9.17, 15) is 18.0 Å². The molecule has 32 heavy (non-hydrogen) atoms. The molecule has 1 saturated heterocycles. The van der Waals surface area contributed by atoms with Crippen molar-refractivity contribution < 1.29 is 18.0 Å². The predicted octanol–water partition coefficient (Wildman–Crippen LogP) is 2.68. The number of hydrogen-bond acceptors (Lipinski definition) is 5. The van der Waals surface area contributed by atoms with Crippen molar-refractivity contribution in [2.75, 3.05) is 37.4 Å². The Bertz CT molecular complexity index is 1060. The van der Waals surface area contributed by atoms with Crippen LogP contribution in [0.2, 0.25) is 0 Å². The lowest BCUT2D eigenvalue weighted by atomic mass is 10.1. The van der Waals surface area contributed by atoms with Crippen LogP contribution >= 0.6 is 0 Å². The number of carbonyl (C=O) groups is 2. The van der Waals surface area contributed by atoms with E-state index < -0.39 is 16.1 Å². The van der Waals surface area contributed by atoms with Gasteiger partial charge in [0, 0.05) is 56.6 Å². The summed E-state index contributed by atoms with van der Waals surface area (Å²) in [6.45, 7) is 3.81. The van der Waals surface area contributed by atoms with E-state index in [1.54, 1.807) is 6.92 Å². The summed E-state index contributed by atoms with van der Waals surface area (Å²) in [5, 5.41) is 5.68. The van der Waals surface area contributed by atoms with Crippen LogP contribution in [0.25, 0.3) is 0 Å². The van der Waals surface area contributed by atoms with Crippen LogP contribution in [0.4, 0.5) is 11.4 Å². The maximum absolute atomic E-state index is 12.5. The third-order valence-electron chi connectivity index (χ3n) is 5.37. The number of nitrogens with zero attached hydrogens (tertiary/aromatic N) is 2. The summed E-state index contributed by atoms with van der Waals surface area (Å²) in [5.74, 6) is -0.557. The van der Waals surface area contributed by atoms with Gasteiger partial charge in [-0.3, -0.25) is 9.59 Å². The molecule has 2 amide bonds. The molecule has 1 atom stereocenters. The van der Waals surface area contributed by atoms with Crippen LogP contribution in [0.15, 0.2) is 53.4 Å². The lowest BCUT2D eigenvalue weighted by molar-refractivity contribution is -0.116. The largest absolute Gasteiger partial charge is 0.371 e. The fourth-order valence-electron chi connectivity index (χ4n) is 3.59. The molecule has 1 unspecified atom stereocenters. The minimum Gasteiger partial charge on any atom is -0.371 e. The highest BCUT2D eigenvalue weighted by molar-refractivity contribution is 7.89. The van der Waals surface area contributed by atoms with Gasteiger partial charge in [0.05, 0.1) is 4.90 Å². The Morgan fingerprint density at radius 2 is 1.72 bits per heavy atom. The van der Waals surface area contributed by atoms with Crippen LogP contribution in [-0.4, -0.2) is 57.8 Å². The van der Waals surface area contributed by atoms with Crippen molar-refractivity contribution in [2.45, 2.75) is 37.1 Å². The van der Waals surface area contributed by atoms with E-state index in [2.05, 4.69) is 15.5 Å². The molecule has 0 aliphatic carbocycles. The number of anilines is 2. The molecule has 1 fully saturated rings. The SMILES string of the molecule is CC(CC(=O)Nc1cccc(N2CCCC2)c1)NC(=O)c1ccc(S(=O)(=O)N(C)C)cc1. The van der Waals surface area contributed by atoms with Gasteiger partial charge in [0.15, 0.2) is 0 Å². The van der Waals surface area contributed by atoms with E-state index in [0.29, 0.717) is 5.56 Å². The van der Waals surface area contributed by atoms with Crippen LogP contribution in [-0.2, 0) is 14.8 Å². The summed E-state index contributed by atoms with van der Waals surface area (Å²) >= 11 is 0. The normalized spacial score (nSPS) is 14.9. The Labute approximate surface area is 189 Å². The van der Waals surface area contributed by atoms with Gasteiger partial charge in [0.2, 0.25) is 15.9 Å². The highest BCUT2D eigenvalue weighted by Gasteiger charge is 2.19. The van der Waals surface area contributed by atoms with Gasteiger partial charge in [0.1, 0.15) is 0 Å². The molecule has 0 saturated carbocycles. The summed E-state index contributed by atoms with van der Waals surface area (Å²) in [6.07, 6.45) is 2.48. The molecule has 2 aromatic rings. The Hall–Kier alpha value is -2.91. The monoisotopic (exact) mass is 458 g/mol. The first-order chi connectivity index (χ1) is 15.2. The van der Waals surface area contributed by atoms with Crippen LogP contribution in [0, 0.1) is 0 Å². The first-order valence-corrected chi connectivity index (χ1v) is 12.1. The Morgan fingerprint density at radius 3 is 2.34 bits per heavy atom. The number of nitrogens with one attached hydrogen (secondary N) is 2. The molecule has 0 aromatic heterocycles. The van der Waals surface area contributed by atoms with E-state index in [0.717, 1.165) is 28.8 Å². The number of benzene rings is 2. The molecule has 9 heteroatoms. The second kappa shape index (κ2) is 10.1. The molecule has 1 aliphatic heterocycles. The predicted molar refractivity (Wildman–Crippen MR) is 125 cm³/mol. The molecule has 1 heterocycles. The van der Waals surface area contributed by atoms with Crippen LogP contribution in [0.3, 0.4) is 0 Å². The minimum absolute atomic E-state index is 0.114. The number of amides is 2.